The van der Waals surface area contributed by atoms with Crippen LogP contribution in [0.4, 0.5) is 15.8 Å². The van der Waals surface area contributed by atoms with Gasteiger partial charge < -0.3 is 10.1 Å². The molecule has 0 unspecified atom stereocenters. The molecule has 6 heteroatoms. The van der Waals surface area contributed by atoms with Crippen molar-refractivity contribution in [3.05, 3.63) is 53.3 Å². The fourth-order valence-corrected chi connectivity index (χ4v) is 2.56. The molecule has 24 heavy (non-hydrogen) atoms. The lowest BCUT2D eigenvalue weighted by Gasteiger charge is -2.29. The minimum Gasteiger partial charge on any atom is -0.482 e. The first-order valence-electron chi connectivity index (χ1n) is 7.54. The zero-order chi connectivity index (χ0) is 17.3. The predicted octanol–water partition coefficient (Wildman–Crippen LogP) is 2.81. The van der Waals surface area contributed by atoms with Gasteiger partial charge >= 0.3 is 0 Å². The van der Waals surface area contributed by atoms with Crippen molar-refractivity contribution in [3.63, 3.8) is 0 Å². The number of anilines is 2. The van der Waals surface area contributed by atoms with Crippen molar-refractivity contribution in [2.45, 2.75) is 13.8 Å². The lowest BCUT2D eigenvalue weighted by molar-refractivity contribution is -0.123. The first-order chi connectivity index (χ1) is 11.5. The van der Waals surface area contributed by atoms with Crippen molar-refractivity contribution in [1.82, 2.24) is 0 Å². The van der Waals surface area contributed by atoms with Gasteiger partial charge in [0.1, 0.15) is 18.1 Å². The molecule has 0 aliphatic carbocycles. The van der Waals surface area contributed by atoms with E-state index in [2.05, 4.69) is 5.32 Å². The average Bonchev–Trinajstić information content (AvgIpc) is 2.55. The van der Waals surface area contributed by atoms with E-state index in [1.165, 1.54) is 17.0 Å². The Balaban J connectivity index is 1.80. The van der Waals surface area contributed by atoms with Gasteiger partial charge in [-0.1, -0.05) is 12.1 Å². The van der Waals surface area contributed by atoms with Gasteiger partial charge in [-0.25, -0.2) is 4.39 Å². The van der Waals surface area contributed by atoms with Gasteiger partial charge in [-0.2, -0.15) is 0 Å². The topological polar surface area (TPSA) is 58.6 Å². The summed E-state index contributed by atoms with van der Waals surface area (Å²) in [6.45, 7) is 3.22. The fourth-order valence-electron chi connectivity index (χ4n) is 2.56. The molecule has 1 heterocycles. The van der Waals surface area contributed by atoms with E-state index in [0.29, 0.717) is 22.7 Å². The van der Waals surface area contributed by atoms with Crippen LogP contribution < -0.4 is 15.0 Å². The van der Waals surface area contributed by atoms with Crippen molar-refractivity contribution in [3.8, 4) is 5.75 Å². The van der Waals surface area contributed by atoms with Crippen LogP contribution in [-0.4, -0.2) is 25.0 Å². The molecule has 0 saturated heterocycles. The highest BCUT2D eigenvalue weighted by atomic mass is 19.1. The maximum absolute atomic E-state index is 13.6. The molecule has 2 amide bonds. The molecular weight excluding hydrogens is 311 g/mol. The van der Waals surface area contributed by atoms with Gasteiger partial charge in [-0.3, -0.25) is 14.5 Å². The van der Waals surface area contributed by atoms with Gasteiger partial charge in [-0.15, -0.1) is 0 Å². The van der Waals surface area contributed by atoms with Crippen LogP contribution in [0.5, 0.6) is 5.75 Å². The molecule has 1 N–H and O–H groups in total. The van der Waals surface area contributed by atoms with Crippen molar-refractivity contribution in [2.75, 3.05) is 23.4 Å². The number of ether oxygens (including phenoxy) is 1. The van der Waals surface area contributed by atoms with Crippen LogP contribution in [0.2, 0.25) is 0 Å². The second-order valence-corrected chi connectivity index (χ2v) is 5.70. The third-order valence-electron chi connectivity index (χ3n) is 3.90. The van der Waals surface area contributed by atoms with Crippen LogP contribution >= 0.6 is 0 Å². The number of fused-ring (bicyclic) bond motifs is 1. The summed E-state index contributed by atoms with van der Waals surface area (Å²) >= 11 is 0. The molecular formula is C18H17FN2O3. The van der Waals surface area contributed by atoms with E-state index >= 15 is 0 Å². The number of carbonyl (C=O) groups excluding carboxylic acids is 2. The molecule has 2 aromatic rings. The van der Waals surface area contributed by atoms with E-state index in [-0.39, 0.29) is 19.1 Å². The largest absolute Gasteiger partial charge is 0.482 e. The Morgan fingerprint density at radius 3 is 2.88 bits per heavy atom. The first-order valence-corrected chi connectivity index (χ1v) is 7.54. The minimum atomic E-state index is -0.397. The molecule has 0 aromatic heterocycles. The number of nitrogens with one attached hydrogen (secondary N) is 1. The Kier molecular flexibility index (Phi) is 4.20. The predicted molar refractivity (Wildman–Crippen MR) is 88.8 cm³/mol. The normalized spacial score (nSPS) is 13.3. The lowest BCUT2D eigenvalue weighted by atomic mass is 10.1. The maximum Gasteiger partial charge on any atom is 0.265 e. The quantitative estimate of drug-likeness (QED) is 0.942. The Morgan fingerprint density at radius 1 is 1.29 bits per heavy atom. The zero-order valence-electron chi connectivity index (χ0n) is 13.4. The van der Waals surface area contributed by atoms with E-state index < -0.39 is 11.7 Å². The first kappa shape index (κ1) is 16.0. The Hall–Kier alpha value is -2.89. The number of hydrogen-bond acceptors (Lipinski definition) is 3. The molecule has 3 rings (SSSR count). The third-order valence-corrected chi connectivity index (χ3v) is 3.90. The van der Waals surface area contributed by atoms with Crippen LogP contribution in [0.1, 0.15) is 11.1 Å². The van der Waals surface area contributed by atoms with Crippen molar-refractivity contribution < 1.29 is 18.7 Å². The highest BCUT2D eigenvalue weighted by Crippen LogP contribution is 2.32. The second kappa shape index (κ2) is 6.31. The summed E-state index contributed by atoms with van der Waals surface area (Å²) < 4.78 is 18.9. The standard InChI is InChI=1S/C18H17FN2O3/c1-11-6-7-16-15(8-11)21(18(23)10-24-16)9-17(22)20-14-5-3-4-13(19)12(14)2/h3-8H,9-10H2,1-2H3,(H,20,22). The molecule has 1 aliphatic heterocycles. The van der Waals surface area contributed by atoms with E-state index in [1.54, 1.807) is 25.1 Å². The molecule has 5 nitrogen and oxygen atoms in total. The molecule has 0 bridgehead atoms. The van der Waals surface area contributed by atoms with Gasteiger partial charge in [-0.05, 0) is 43.7 Å². The van der Waals surface area contributed by atoms with Crippen molar-refractivity contribution in [1.29, 1.82) is 0 Å². The summed E-state index contributed by atoms with van der Waals surface area (Å²) in [6, 6.07) is 9.93. The van der Waals surface area contributed by atoms with E-state index in [1.807, 2.05) is 13.0 Å². The second-order valence-electron chi connectivity index (χ2n) is 5.70. The number of rotatable bonds is 3. The third kappa shape index (κ3) is 3.08. The Bertz CT molecular complexity index is 820. The van der Waals surface area contributed by atoms with Crippen LogP contribution in [-0.2, 0) is 9.59 Å². The molecule has 0 fully saturated rings. The molecule has 0 spiro atoms. The molecule has 1 aliphatic rings. The number of carbonyl (C=O) groups is 2. The number of benzene rings is 2. The summed E-state index contributed by atoms with van der Waals surface area (Å²) in [5.41, 5.74) is 2.27. The monoisotopic (exact) mass is 328 g/mol. The van der Waals surface area contributed by atoms with E-state index in [9.17, 15) is 14.0 Å². The number of aryl methyl sites for hydroxylation is 1. The van der Waals surface area contributed by atoms with Crippen LogP contribution in [0.3, 0.4) is 0 Å². The van der Waals surface area contributed by atoms with Crippen LogP contribution in [0.25, 0.3) is 0 Å². The van der Waals surface area contributed by atoms with Crippen LogP contribution in [0, 0.1) is 19.7 Å². The number of halogens is 1. The van der Waals surface area contributed by atoms with Crippen LogP contribution in [0.15, 0.2) is 36.4 Å². The van der Waals surface area contributed by atoms with Crippen molar-refractivity contribution >= 4 is 23.2 Å². The molecule has 124 valence electrons. The highest BCUT2D eigenvalue weighted by Gasteiger charge is 2.27. The number of hydrogen-bond donors (Lipinski definition) is 1. The summed E-state index contributed by atoms with van der Waals surface area (Å²) in [7, 11) is 0. The van der Waals surface area contributed by atoms with E-state index in [0.717, 1.165) is 5.56 Å². The number of amides is 2. The van der Waals surface area contributed by atoms with E-state index in [4.69, 9.17) is 4.74 Å². The summed E-state index contributed by atoms with van der Waals surface area (Å²) in [5.74, 6) is -0.517. The van der Waals surface area contributed by atoms with Gasteiger partial charge in [0.25, 0.3) is 5.91 Å². The van der Waals surface area contributed by atoms with Gasteiger partial charge in [0, 0.05) is 11.3 Å². The fraction of sp³-hybridized carbons (Fsp3) is 0.222. The minimum absolute atomic E-state index is 0.109. The summed E-state index contributed by atoms with van der Waals surface area (Å²) in [4.78, 5) is 25.8. The lowest BCUT2D eigenvalue weighted by Crippen LogP contribution is -2.43. The smallest absolute Gasteiger partial charge is 0.265 e. The van der Waals surface area contributed by atoms with Gasteiger partial charge in [0.05, 0.1) is 5.69 Å². The Labute approximate surface area is 139 Å². The maximum atomic E-state index is 13.6. The summed E-state index contributed by atoms with van der Waals surface area (Å²) in [5, 5.41) is 2.65. The average molecular weight is 328 g/mol. The molecule has 2 aromatic carbocycles. The Morgan fingerprint density at radius 2 is 2.08 bits per heavy atom. The van der Waals surface area contributed by atoms with Gasteiger partial charge in [0.2, 0.25) is 5.91 Å². The highest BCUT2D eigenvalue weighted by molar-refractivity contribution is 6.05. The SMILES string of the molecule is Cc1ccc2c(c1)N(CC(=O)Nc1cccc(F)c1C)C(=O)CO2. The zero-order valence-corrected chi connectivity index (χ0v) is 13.4. The van der Waals surface area contributed by atoms with Gasteiger partial charge in [0.15, 0.2) is 6.61 Å². The van der Waals surface area contributed by atoms with Crippen molar-refractivity contribution in [2.24, 2.45) is 0 Å². The molecule has 0 atom stereocenters. The summed E-state index contributed by atoms with van der Waals surface area (Å²) in [6.07, 6.45) is 0. The molecule has 0 saturated carbocycles. The number of nitrogens with zero attached hydrogens (tertiary/aromatic N) is 1. The molecule has 0 radical (unpaired) electrons.